The van der Waals surface area contributed by atoms with Crippen molar-refractivity contribution in [2.75, 3.05) is 6.54 Å². The molecule has 0 saturated heterocycles. The van der Waals surface area contributed by atoms with E-state index in [4.69, 9.17) is 6.42 Å². The minimum Gasteiger partial charge on any atom is -0.310 e. The van der Waals surface area contributed by atoms with Gasteiger partial charge in [0.2, 0.25) is 0 Å². The molecule has 16 heavy (non-hydrogen) atoms. The molecule has 0 radical (unpaired) electrons. The van der Waals surface area contributed by atoms with Crippen molar-refractivity contribution in [3.63, 3.8) is 0 Å². The van der Waals surface area contributed by atoms with Gasteiger partial charge in [-0.1, -0.05) is 35.0 Å². The Bertz CT molecular complexity index is 337. The molecule has 1 unspecified atom stereocenters. The molecule has 0 fully saturated rings. The van der Waals surface area contributed by atoms with E-state index in [1.165, 1.54) is 5.56 Å². The Morgan fingerprint density at radius 2 is 2.06 bits per heavy atom. The topological polar surface area (TPSA) is 12.0 Å². The maximum Gasteiger partial charge on any atom is 0.0329 e. The number of rotatable bonds is 6. The van der Waals surface area contributed by atoms with E-state index in [1.807, 2.05) is 0 Å². The van der Waals surface area contributed by atoms with Gasteiger partial charge in [0.1, 0.15) is 0 Å². The molecule has 1 nitrogen and oxygen atoms in total. The molecule has 0 aliphatic rings. The Balaban J connectivity index is 2.67. The van der Waals surface area contributed by atoms with Crippen molar-refractivity contribution in [2.45, 2.75) is 32.2 Å². The Morgan fingerprint density at radius 3 is 2.62 bits per heavy atom. The third kappa shape index (κ3) is 4.38. The quantitative estimate of drug-likeness (QED) is 0.779. The molecule has 86 valence electrons. The highest BCUT2D eigenvalue weighted by molar-refractivity contribution is 9.10. The van der Waals surface area contributed by atoms with E-state index in [-0.39, 0.29) is 0 Å². The molecule has 1 aromatic rings. The summed E-state index contributed by atoms with van der Waals surface area (Å²) in [5.41, 5.74) is 1.31. The summed E-state index contributed by atoms with van der Waals surface area (Å²) in [7, 11) is 0. The highest BCUT2D eigenvalue weighted by atomic mass is 79.9. The van der Waals surface area contributed by atoms with Crippen molar-refractivity contribution < 1.29 is 0 Å². The first-order valence-electron chi connectivity index (χ1n) is 5.70. The van der Waals surface area contributed by atoms with E-state index in [9.17, 15) is 0 Å². The van der Waals surface area contributed by atoms with Crippen LogP contribution in [0.2, 0.25) is 0 Å². The maximum atomic E-state index is 5.32. The molecular weight excluding hydrogens is 262 g/mol. The highest BCUT2D eigenvalue weighted by Gasteiger charge is 2.09. The lowest BCUT2D eigenvalue weighted by Gasteiger charge is -2.18. The first-order valence-corrected chi connectivity index (χ1v) is 6.49. The van der Waals surface area contributed by atoms with Crippen LogP contribution in [0.25, 0.3) is 0 Å². The Labute approximate surface area is 107 Å². The molecule has 1 rings (SSSR count). The summed E-state index contributed by atoms with van der Waals surface area (Å²) in [5.74, 6) is 2.71. The molecular formula is C14H18BrN. The molecule has 1 aromatic carbocycles. The van der Waals surface area contributed by atoms with Gasteiger partial charge in [-0.3, -0.25) is 0 Å². The van der Waals surface area contributed by atoms with Crippen LogP contribution in [-0.4, -0.2) is 6.54 Å². The van der Waals surface area contributed by atoms with Crippen molar-refractivity contribution in [1.82, 2.24) is 5.32 Å². The van der Waals surface area contributed by atoms with Crippen molar-refractivity contribution >= 4 is 15.9 Å². The Kier molecular flexibility index (Phi) is 6.22. The summed E-state index contributed by atoms with van der Waals surface area (Å²) in [5, 5.41) is 3.53. The van der Waals surface area contributed by atoms with Crippen LogP contribution in [0.1, 0.15) is 37.8 Å². The van der Waals surface area contributed by atoms with E-state index in [2.05, 4.69) is 58.4 Å². The summed E-state index contributed by atoms with van der Waals surface area (Å²) in [6.07, 6.45) is 8.28. The van der Waals surface area contributed by atoms with Gasteiger partial charge in [-0.25, -0.2) is 0 Å². The number of nitrogens with one attached hydrogen (secondary N) is 1. The minimum atomic E-state index is 0.379. The fourth-order valence-electron chi connectivity index (χ4n) is 1.63. The Morgan fingerprint density at radius 1 is 1.38 bits per heavy atom. The second-order valence-electron chi connectivity index (χ2n) is 3.80. The molecule has 0 aliphatic heterocycles. The largest absolute Gasteiger partial charge is 0.310 e. The number of benzene rings is 1. The number of halogens is 1. The first kappa shape index (κ1) is 13.3. The van der Waals surface area contributed by atoms with Crippen LogP contribution in [0, 0.1) is 12.3 Å². The minimum absolute atomic E-state index is 0.379. The van der Waals surface area contributed by atoms with Gasteiger partial charge in [0.25, 0.3) is 0 Å². The standard InChI is InChI=1S/C14H18BrN/c1-3-5-6-14(16-11-4-2)12-7-9-13(15)10-8-12/h1,7-10,14,16H,4-6,11H2,2H3. The summed E-state index contributed by atoms with van der Waals surface area (Å²) >= 11 is 3.45. The van der Waals surface area contributed by atoms with E-state index in [0.717, 1.165) is 30.3 Å². The predicted molar refractivity (Wildman–Crippen MR) is 73.2 cm³/mol. The van der Waals surface area contributed by atoms with Gasteiger partial charge >= 0.3 is 0 Å². The van der Waals surface area contributed by atoms with Crippen molar-refractivity contribution in [3.8, 4) is 12.3 Å². The van der Waals surface area contributed by atoms with Gasteiger partial charge in [-0.2, -0.15) is 0 Å². The zero-order valence-electron chi connectivity index (χ0n) is 9.67. The van der Waals surface area contributed by atoms with Crippen LogP contribution in [-0.2, 0) is 0 Å². The molecule has 0 saturated carbocycles. The summed E-state index contributed by atoms with van der Waals surface area (Å²) in [6, 6.07) is 8.82. The zero-order valence-corrected chi connectivity index (χ0v) is 11.3. The molecule has 0 spiro atoms. The molecule has 1 N–H and O–H groups in total. The lowest BCUT2D eigenvalue weighted by molar-refractivity contribution is 0.505. The normalized spacial score (nSPS) is 12.1. The molecule has 2 heteroatoms. The molecule has 0 bridgehead atoms. The van der Waals surface area contributed by atoms with Crippen molar-refractivity contribution in [1.29, 1.82) is 0 Å². The van der Waals surface area contributed by atoms with Gasteiger partial charge < -0.3 is 5.32 Å². The van der Waals surface area contributed by atoms with Gasteiger partial charge in [-0.15, -0.1) is 12.3 Å². The zero-order chi connectivity index (χ0) is 11.8. The predicted octanol–water partition coefficient (Wildman–Crippen LogP) is 3.90. The highest BCUT2D eigenvalue weighted by Crippen LogP contribution is 2.20. The Hall–Kier alpha value is -0.780. The van der Waals surface area contributed by atoms with E-state index in [1.54, 1.807) is 0 Å². The fraction of sp³-hybridized carbons (Fsp3) is 0.429. The number of hydrogen-bond donors (Lipinski definition) is 1. The lowest BCUT2D eigenvalue weighted by Crippen LogP contribution is -2.21. The number of hydrogen-bond acceptors (Lipinski definition) is 1. The van der Waals surface area contributed by atoms with Crippen LogP contribution >= 0.6 is 15.9 Å². The van der Waals surface area contributed by atoms with Crippen LogP contribution in [0.3, 0.4) is 0 Å². The van der Waals surface area contributed by atoms with Gasteiger partial charge in [0.15, 0.2) is 0 Å². The second-order valence-corrected chi connectivity index (χ2v) is 4.72. The summed E-state index contributed by atoms with van der Waals surface area (Å²) < 4.78 is 1.11. The van der Waals surface area contributed by atoms with Crippen molar-refractivity contribution in [3.05, 3.63) is 34.3 Å². The van der Waals surface area contributed by atoms with Crippen LogP contribution < -0.4 is 5.32 Å². The summed E-state index contributed by atoms with van der Waals surface area (Å²) in [4.78, 5) is 0. The third-order valence-corrected chi connectivity index (χ3v) is 3.02. The van der Waals surface area contributed by atoms with Crippen LogP contribution in [0.15, 0.2) is 28.7 Å². The van der Waals surface area contributed by atoms with E-state index < -0.39 is 0 Å². The fourth-order valence-corrected chi connectivity index (χ4v) is 1.89. The second kappa shape index (κ2) is 7.49. The van der Waals surface area contributed by atoms with Crippen LogP contribution in [0.4, 0.5) is 0 Å². The van der Waals surface area contributed by atoms with Crippen molar-refractivity contribution in [2.24, 2.45) is 0 Å². The molecule has 0 aromatic heterocycles. The average Bonchev–Trinajstić information content (AvgIpc) is 2.31. The molecule has 1 atom stereocenters. The van der Waals surface area contributed by atoms with Crippen LogP contribution in [0.5, 0.6) is 0 Å². The summed E-state index contributed by atoms with van der Waals surface area (Å²) in [6.45, 7) is 3.21. The smallest absolute Gasteiger partial charge is 0.0329 e. The van der Waals surface area contributed by atoms with Gasteiger partial charge in [-0.05, 0) is 37.1 Å². The van der Waals surface area contributed by atoms with E-state index in [0.29, 0.717) is 6.04 Å². The lowest BCUT2D eigenvalue weighted by atomic mass is 10.0. The SMILES string of the molecule is C#CCCC(NCCC)c1ccc(Br)cc1. The van der Waals surface area contributed by atoms with Gasteiger partial charge in [0, 0.05) is 16.9 Å². The average molecular weight is 280 g/mol. The number of terminal acetylenes is 1. The first-order chi connectivity index (χ1) is 7.77. The third-order valence-electron chi connectivity index (χ3n) is 2.49. The maximum absolute atomic E-state index is 5.32. The molecule has 0 amide bonds. The monoisotopic (exact) mass is 279 g/mol. The van der Waals surface area contributed by atoms with E-state index >= 15 is 0 Å². The molecule has 0 heterocycles. The van der Waals surface area contributed by atoms with Gasteiger partial charge in [0.05, 0.1) is 0 Å². The molecule has 0 aliphatic carbocycles.